The third-order valence-corrected chi connectivity index (χ3v) is 5.78. The average molecular weight is 266 g/mol. The van der Waals surface area contributed by atoms with E-state index in [1.807, 2.05) is 13.8 Å². The topological polar surface area (TPSA) is 66.8 Å². The minimum Gasteiger partial charge on any atom is -0.461 e. The van der Waals surface area contributed by atoms with Crippen molar-refractivity contribution in [1.82, 2.24) is 0 Å². The van der Waals surface area contributed by atoms with Crippen LogP contribution in [0, 0.1) is 23.2 Å². The summed E-state index contributed by atoms with van der Waals surface area (Å²) in [5.41, 5.74) is 0.395. The van der Waals surface area contributed by atoms with Gasteiger partial charge in [-0.15, -0.1) is 0 Å². The van der Waals surface area contributed by atoms with E-state index in [2.05, 4.69) is 6.58 Å². The van der Waals surface area contributed by atoms with Crippen LogP contribution in [0.25, 0.3) is 0 Å². The van der Waals surface area contributed by atoms with Crippen LogP contribution < -0.4 is 0 Å². The van der Waals surface area contributed by atoms with Gasteiger partial charge < -0.3 is 14.9 Å². The molecule has 0 aromatic rings. The molecule has 0 aromatic heterocycles. The molecule has 3 aliphatic rings. The molecule has 1 heterocycles. The highest BCUT2D eigenvalue weighted by molar-refractivity contribution is 5.75. The zero-order chi connectivity index (χ0) is 13.9. The molecule has 7 atom stereocenters. The van der Waals surface area contributed by atoms with Gasteiger partial charge in [-0.05, 0) is 18.4 Å². The lowest BCUT2D eigenvalue weighted by Gasteiger charge is -2.54. The predicted octanol–water partition coefficient (Wildman–Crippen LogP) is 1.26. The summed E-state index contributed by atoms with van der Waals surface area (Å²) < 4.78 is 5.56. The maximum atomic E-state index is 11.8. The molecule has 2 aliphatic carbocycles. The highest BCUT2D eigenvalue weighted by Crippen LogP contribution is 2.57. The maximum Gasteiger partial charge on any atom is 0.309 e. The van der Waals surface area contributed by atoms with Gasteiger partial charge in [-0.3, -0.25) is 4.79 Å². The molecule has 0 spiro atoms. The smallest absolute Gasteiger partial charge is 0.309 e. The molecular formula is C15H22O4. The Labute approximate surface area is 113 Å². The summed E-state index contributed by atoms with van der Waals surface area (Å²) in [5.74, 6) is -0.168. The molecule has 0 radical (unpaired) electrons. The molecule has 2 unspecified atom stereocenters. The van der Waals surface area contributed by atoms with E-state index < -0.39 is 12.2 Å². The Kier molecular flexibility index (Phi) is 2.81. The number of hydrogen-bond acceptors (Lipinski definition) is 4. The zero-order valence-corrected chi connectivity index (χ0v) is 11.5. The van der Waals surface area contributed by atoms with Gasteiger partial charge in [0.05, 0.1) is 18.1 Å². The van der Waals surface area contributed by atoms with E-state index in [1.54, 1.807) is 0 Å². The van der Waals surface area contributed by atoms with Gasteiger partial charge >= 0.3 is 5.97 Å². The summed E-state index contributed by atoms with van der Waals surface area (Å²) in [6, 6.07) is 0. The molecule has 106 valence electrons. The normalized spacial score (nSPS) is 53.5. The molecule has 1 aliphatic heterocycles. The second-order valence-electron chi connectivity index (χ2n) is 6.72. The second kappa shape index (κ2) is 4.06. The third kappa shape index (κ3) is 1.62. The van der Waals surface area contributed by atoms with Crippen molar-refractivity contribution in [1.29, 1.82) is 0 Å². The van der Waals surface area contributed by atoms with E-state index in [-0.39, 0.29) is 35.2 Å². The third-order valence-electron chi connectivity index (χ3n) is 5.78. The van der Waals surface area contributed by atoms with E-state index >= 15 is 0 Å². The Morgan fingerprint density at radius 2 is 2.11 bits per heavy atom. The minimum atomic E-state index is -0.693. The summed E-state index contributed by atoms with van der Waals surface area (Å²) in [6.45, 7) is 7.96. The molecular weight excluding hydrogens is 244 g/mol. The lowest BCUT2D eigenvalue weighted by atomic mass is 9.53. The number of ether oxygens (including phenoxy) is 1. The quantitative estimate of drug-likeness (QED) is 0.512. The summed E-state index contributed by atoms with van der Waals surface area (Å²) in [7, 11) is 0. The first-order valence-electron chi connectivity index (χ1n) is 7.11. The van der Waals surface area contributed by atoms with Crippen molar-refractivity contribution in [2.45, 2.75) is 51.4 Å². The van der Waals surface area contributed by atoms with Crippen molar-refractivity contribution in [2.24, 2.45) is 23.2 Å². The first-order chi connectivity index (χ1) is 8.86. The van der Waals surface area contributed by atoms with Crippen molar-refractivity contribution in [3.8, 4) is 0 Å². The van der Waals surface area contributed by atoms with Crippen LogP contribution in [-0.2, 0) is 9.53 Å². The largest absolute Gasteiger partial charge is 0.461 e. The van der Waals surface area contributed by atoms with Crippen LogP contribution in [0.4, 0.5) is 0 Å². The number of rotatable bonds is 0. The molecule has 3 fully saturated rings. The highest BCUT2D eigenvalue weighted by atomic mass is 16.6. The minimum absolute atomic E-state index is 0.0847. The molecule has 0 bridgehead atoms. The highest BCUT2D eigenvalue weighted by Gasteiger charge is 2.60. The van der Waals surface area contributed by atoms with E-state index in [9.17, 15) is 15.0 Å². The standard InChI is InChI=1S/C15H22O4/c1-7-9-4-5-15(3)11(17)6-10(16)8(2)12(15)13(9)19-14(7)18/h7,9-13,16-17H,2,4-6H2,1,3H3/t7?,9-,10-,11+,12?,13-,15-/m0/s1. The predicted molar refractivity (Wildman–Crippen MR) is 69.1 cm³/mol. The molecule has 1 saturated heterocycles. The molecule has 2 N–H and O–H groups in total. The van der Waals surface area contributed by atoms with Gasteiger partial charge in [0.1, 0.15) is 6.10 Å². The monoisotopic (exact) mass is 266 g/mol. The SMILES string of the molecule is C=C1C2[C@H]3OC(=O)C(C)[C@@H]3CC[C@@]2(C)[C@H](O)C[C@@H]1O. The number of hydrogen-bond donors (Lipinski definition) is 2. The number of carbonyl (C=O) groups is 1. The lowest BCUT2D eigenvalue weighted by molar-refractivity contribution is -0.155. The van der Waals surface area contributed by atoms with Crippen molar-refractivity contribution in [2.75, 3.05) is 0 Å². The number of fused-ring (bicyclic) bond motifs is 3. The Balaban J connectivity index is 2.00. The molecule has 3 rings (SSSR count). The van der Waals surface area contributed by atoms with E-state index in [0.717, 1.165) is 18.4 Å². The maximum absolute atomic E-state index is 11.8. The van der Waals surface area contributed by atoms with Crippen LogP contribution in [0.15, 0.2) is 12.2 Å². The van der Waals surface area contributed by atoms with Crippen molar-refractivity contribution >= 4 is 5.97 Å². The second-order valence-corrected chi connectivity index (χ2v) is 6.72. The van der Waals surface area contributed by atoms with E-state index in [0.29, 0.717) is 6.42 Å². The van der Waals surface area contributed by atoms with E-state index in [1.165, 1.54) is 0 Å². The van der Waals surface area contributed by atoms with E-state index in [4.69, 9.17) is 4.74 Å². The van der Waals surface area contributed by atoms with Gasteiger partial charge in [0.2, 0.25) is 0 Å². The molecule has 0 aromatic carbocycles. The van der Waals surface area contributed by atoms with Gasteiger partial charge in [-0.1, -0.05) is 20.4 Å². The Morgan fingerprint density at radius 3 is 2.79 bits per heavy atom. The fourth-order valence-electron chi connectivity index (χ4n) is 4.37. The fourth-order valence-corrected chi connectivity index (χ4v) is 4.37. The van der Waals surface area contributed by atoms with Crippen molar-refractivity contribution in [3.63, 3.8) is 0 Å². The Morgan fingerprint density at radius 1 is 1.42 bits per heavy atom. The lowest BCUT2D eigenvalue weighted by Crippen LogP contribution is -2.56. The van der Waals surface area contributed by atoms with Crippen molar-refractivity contribution < 1.29 is 19.7 Å². The summed E-state index contributed by atoms with van der Waals surface area (Å²) >= 11 is 0. The van der Waals surface area contributed by atoms with Gasteiger partial charge in [0.25, 0.3) is 0 Å². The van der Waals surface area contributed by atoms with Crippen LogP contribution in [0.1, 0.15) is 33.1 Å². The average Bonchev–Trinajstić information content (AvgIpc) is 2.63. The summed E-state index contributed by atoms with van der Waals surface area (Å²) in [6.07, 6.45) is 0.609. The van der Waals surface area contributed by atoms with Crippen molar-refractivity contribution in [3.05, 3.63) is 12.2 Å². The zero-order valence-electron chi connectivity index (χ0n) is 11.5. The van der Waals surface area contributed by atoms with Crippen LogP contribution in [0.3, 0.4) is 0 Å². The van der Waals surface area contributed by atoms with Crippen LogP contribution in [0.2, 0.25) is 0 Å². The first kappa shape index (κ1) is 13.1. The number of carbonyl (C=O) groups excluding carboxylic acids is 1. The van der Waals surface area contributed by atoms with Gasteiger partial charge in [0, 0.05) is 23.7 Å². The number of aliphatic hydroxyl groups is 2. The molecule has 2 saturated carbocycles. The van der Waals surface area contributed by atoms with Gasteiger partial charge in [0.15, 0.2) is 0 Å². The van der Waals surface area contributed by atoms with Crippen LogP contribution in [-0.4, -0.2) is 34.5 Å². The van der Waals surface area contributed by atoms with Gasteiger partial charge in [-0.2, -0.15) is 0 Å². The molecule has 4 heteroatoms. The molecule has 0 amide bonds. The first-order valence-corrected chi connectivity index (χ1v) is 7.11. The molecule has 4 nitrogen and oxygen atoms in total. The van der Waals surface area contributed by atoms with Crippen LogP contribution >= 0.6 is 0 Å². The summed E-state index contributed by atoms with van der Waals surface area (Å²) in [4.78, 5) is 11.8. The summed E-state index contributed by atoms with van der Waals surface area (Å²) in [5, 5.41) is 20.4. The number of aliphatic hydroxyl groups excluding tert-OH is 2. The molecule has 19 heavy (non-hydrogen) atoms. The Hall–Kier alpha value is -0.870. The Bertz CT molecular complexity index is 432. The van der Waals surface area contributed by atoms with Crippen LogP contribution in [0.5, 0.6) is 0 Å². The van der Waals surface area contributed by atoms with Gasteiger partial charge in [-0.25, -0.2) is 0 Å². The fraction of sp³-hybridized carbons (Fsp3) is 0.800. The number of esters is 1.